The van der Waals surface area contributed by atoms with Crippen LogP contribution in [0.15, 0.2) is 41.6 Å². The number of aliphatic hydroxyl groups is 2. The lowest BCUT2D eigenvalue weighted by molar-refractivity contribution is -0.0901. The zero-order valence-corrected chi connectivity index (χ0v) is 36.6. The number of ether oxygens (including phenoxy) is 3. The first-order valence-corrected chi connectivity index (χ1v) is 24.5. The normalized spacial score (nSPS) is 21.3. The molecule has 15 nitrogen and oxygen atoms in total. The molecule has 1 saturated heterocycles. The average Bonchev–Trinajstić information content (AvgIpc) is 3.73. The van der Waals surface area contributed by atoms with Crippen molar-refractivity contribution in [2.75, 3.05) is 38.4 Å². The van der Waals surface area contributed by atoms with Crippen molar-refractivity contribution in [2.24, 2.45) is 0 Å². The lowest BCUT2D eigenvalue weighted by atomic mass is 9.93. The number of aromatic nitrogens is 3. The summed E-state index contributed by atoms with van der Waals surface area (Å²) in [5.41, 5.74) is 5.49. The summed E-state index contributed by atoms with van der Waals surface area (Å²) in [6.07, 6.45) is 17.0. The molecular weight excluding hydrogens is 807 g/mol. The van der Waals surface area contributed by atoms with Crippen LogP contribution in [-0.2, 0) is 49.9 Å². The van der Waals surface area contributed by atoms with E-state index in [1.54, 1.807) is 12.1 Å². The second kappa shape index (κ2) is 24.2. The van der Waals surface area contributed by atoms with Gasteiger partial charge in [0.2, 0.25) is 0 Å². The predicted octanol–water partition coefficient (Wildman–Crippen LogP) is 7.19. The highest BCUT2D eigenvalue weighted by atomic mass is 32.2. The predicted molar refractivity (Wildman–Crippen MR) is 222 cm³/mol. The van der Waals surface area contributed by atoms with Crippen LogP contribution in [0.3, 0.4) is 0 Å². The van der Waals surface area contributed by atoms with Crippen molar-refractivity contribution in [3.05, 3.63) is 53.7 Å². The van der Waals surface area contributed by atoms with Crippen LogP contribution in [0.25, 0.3) is 5.52 Å². The number of rotatable bonds is 30. The molecule has 1 aliphatic heterocycles. The molecule has 0 aliphatic carbocycles. The van der Waals surface area contributed by atoms with Crippen molar-refractivity contribution in [1.82, 2.24) is 14.6 Å². The van der Waals surface area contributed by atoms with Gasteiger partial charge in [-0.15, -0.1) is 0 Å². The maximum Gasteiger partial charge on any atom is 0.472 e. The van der Waals surface area contributed by atoms with E-state index in [0.717, 1.165) is 37.7 Å². The molecule has 3 aromatic rings. The molecule has 0 saturated carbocycles. The monoisotopic (exact) mass is 872 g/mol. The van der Waals surface area contributed by atoms with Crippen LogP contribution in [0, 0.1) is 5.82 Å². The zero-order valence-electron chi connectivity index (χ0n) is 34.9. The number of nitrogen functional groups attached to an aromatic ring is 1. The lowest BCUT2D eigenvalue weighted by Crippen LogP contribution is -2.39. The average molecular weight is 873 g/mol. The number of phosphoric acid groups is 1. The summed E-state index contributed by atoms with van der Waals surface area (Å²) >= 11 is 0. The van der Waals surface area contributed by atoms with Gasteiger partial charge in [0.1, 0.15) is 47.7 Å². The third kappa shape index (κ3) is 15.7. The number of anilines is 1. The number of unbranched alkanes of at least 4 members (excludes halogenated alkanes) is 15. The van der Waals surface area contributed by atoms with Gasteiger partial charge in [-0.25, -0.2) is 26.9 Å². The molecule has 0 radical (unpaired) electrons. The van der Waals surface area contributed by atoms with Gasteiger partial charge in [0.15, 0.2) is 15.7 Å². The van der Waals surface area contributed by atoms with Gasteiger partial charge in [-0.3, -0.25) is 9.05 Å². The van der Waals surface area contributed by atoms with E-state index in [2.05, 4.69) is 17.0 Å². The molecule has 5 N–H and O–H groups in total. The fourth-order valence-electron chi connectivity index (χ4n) is 7.28. The Bertz CT molecular complexity index is 1870. The number of aliphatic hydroxyl groups excluding tert-OH is 2. The molecule has 2 aromatic heterocycles. The Morgan fingerprint density at radius 1 is 0.932 bits per heavy atom. The molecule has 0 spiro atoms. The number of phosphoric ester groups is 1. The summed E-state index contributed by atoms with van der Waals surface area (Å²) in [6, 6.07) is 6.60. The standard InChI is InChI=1S/C41H66FN4O11PS/c1-4-5-6-7-8-9-10-11-12-13-14-15-16-17-18-19-22-53-27-33(54-26-31-23-32(42)25-34(24-31)59(3,51)52)28-55-58(49,50)56-29-36-38(47)39(48)41(2,57-36)37-21-20-35-40(43)44-30-45-46(35)37/h20-21,23-25,30,33,36,38-39,47-48H,4-19,22,26-29H2,1-3H3,(H,49,50)(H2,43,44,45)/t33-,36-,38-,39-,41+/m1/s1. The number of benzene rings is 1. The van der Waals surface area contributed by atoms with Crippen molar-refractivity contribution in [2.45, 2.75) is 158 Å². The highest BCUT2D eigenvalue weighted by Gasteiger charge is 2.54. The third-order valence-electron chi connectivity index (χ3n) is 10.8. The highest BCUT2D eigenvalue weighted by molar-refractivity contribution is 7.90. The summed E-state index contributed by atoms with van der Waals surface area (Å²) in [5.74, 6) is -0.559. The van der Waals surface area contributed by atoms with E-state index in [1.807, 2.05) is 0 Å². The minimum absolute atomic E-state index is 0.0404. The number of nitrogens with zero attached hydrogens (tertiary/aromatic N) is 3. The SMILES string of the molecule is CCCCCCCCCCCCCCCCCCOC[C@H](COP(=O)(O)OC[C@H]1O[C@@](C)(c2ccc3c(N)ncnn23)[C@H](O)[C@@H]1O)OCc1cc(F)cc(S(C)(=O)=O)c1. The van der Waals surface area contributed by atoms with Gasteiger partial charge >= 0.3 is 7.82 Å². The summed E-state index contributed by atoms with van der Waals surface area (Å²) < 4.78 is 81.1. The molecule has 4 rings (SSSR count). The van der Waals surface area contributed by atoms with Crippen molar-refractivity contribution < 1.29 is 55.7 Å². The molecule has 18 heteroatoms. The fraction of sp³-hybridized carbons (Fsp3) is 0.707. The zero-order chi connectivity index (χ0) is 42.9. The summed E-state index contributed by atoms with van der Waals surface area (Å²) in [6.45, 7) is 2.82. The van der Waals surface area contributed by atoms with Crippen LogP contribution < -0.4 is 5.73 Å². The first kappa shape index (κ1) is 49.1. The van der Waals surface area contributed by atoms with Gasteiger partial charge < -0.3 is 35.1 Å². The molecule has 0 amide bonds. The minimum Gasteiger partial charge on any atom is -0.387 e. The number of sulfone groups is 1. The number of hydrogen-bond donors (Lipinski definition) is 4. The van der Waals surface area contributed by atoms with E-state index < -0.39 is 66.7 Å². The van der Waals surface area contributed by atoms with Crippen LogP contribution in [0.5, 0.6) is 0 Å². The Hall–Kier alpha value is -2.57. The van der Waals surface area contributed by atoms with Crippen LogP contribution in [0.4, 0.5) is 10.2 Å². The molecule has 1 aliphatic rings. The van der Waals surface area contributed by atoms with Crippen molar-refractivity contribution in [3.63, 3.8) is 0 Å². The van der Waals surface area contributed by atoms with Crippen molar-refractivity contribution in [1.29, 1.82) is 0 Å². The maximum absolute atomic E-state index is 14.3. The Balaban J connectivity index is 1.21. The van der Waals surface area contributed by atoms with Crippen LogP contribution in [-0.4, -0.2) is 95.2 Å². The molecular formula is C41H66FN4O11PS. The van der Waals surface area contributed by atoms with E-state index in [9.17, 15) is 32.5 Å². The number of nitrogens with two attached hydrogens (primary N) is 1. The summed E-state index contributed by atoms with van der Waals surface area (Å²) in [5, 5.41) is 26.0. The first-order chi connectivity index (χ1) is 28.1. The molecule has 1 unspecified atom stereocenters. The van der Waals surface area contributed by atoms with E-state index in [1.165, 1.54) is 107 Å². The minimum atomic E-state index is -4.79. The van der Waals surface area contributed by atoms with E-state index in [0.29, 0.717) is 17.8 Å². The summed E-state index contributed by atoms with van der Waals surface area (Å²) in [7, 11) is -8.49. The molecule has 59 heavy (non-hydrogen) atoms. The Morgan fingerprint density at radius 3 is 2.15 bits per heavy atom. The van der Waals surface area contributed by atoms with E-state index in [-0.39, 0.29) is 29.5 Å². The van der Waals surface area contributed by atoms with Crippen LogP contribution in [0.1, 0.15) is 128 Å². The second-order valence-corrected chi connectivity index (χ2v) is 19.3. The van der Waals surface area contributed by atoms with Gasteiger partial charge in [0, 0.05) is 12.9 Å². The fourth-order valence-corrected chi connectivity index (χ4v) is 8.74. The molecule has 0 bridgehead atoms. The molecule has 334 valence electrons. The Morgan fingerprint density at radius 2 is 1.54 bits per heavy atom. The van der Waals surface area contributed by atoms with Crippen molar-refractivity contribution in [3.8, 4) is 0 Å². The van der Waals surface area contributed by atoms with Crippen LogP contribution >= 0.6 is 7.82 Å². The summed E-state index contributed by atoms with van der Waals surface area (Å²) in [4.78, 5) is 14.3. The number of hydrogen-bond acceptors (Lipinski definition) is 13. The lowest BCUT2D eigenvalue weighted by Gasteiger charge is -2.27. The molecule has 3 heterocycles. The first-order valence-electron chi connectivity index (χ1n) is 21.1. The highest BCUT2D eigenvalue weighted by Crippen LogP contribution is 2.46. The van der Waals surface area contributed by atoms with Gasteiger partial charge in [-0.05, 0) is 49.2 Å². The number of fused-ring (bicyclic) bond motifs is 1. The van der Waals surface area contributed by atoms with Gasteiger partial charge in [0.25, 0.3) is 0 Å². The largest absolute Gasteiger partial charge is 0.472 e. The smallest absolute Gasteiger partial charge is 0.387 e. The quantitative estimate of drug-likeness (QED) is 0.0386. The second-order valence-electron chi connectivity index (χ2n) is 15.8. The Labute approximate surface area is 348 Å². The molecule has 6 atom stereocenters. The topological polar surface area (TPSA) is 214 Å². The van der Waals surface area contributed by atoms with Crippen LogP contribution in [0.2, 0.25) is 0 Å². The van der Waals surface area contributed by atoms with Gasteiger partial charge in [-0.1, -0.05) is 103 Å². The molecule has 1 fully saturated rings. The van der Waals surface area contributed by atoms with Gasteiger partial charge in [-0.2, -0.15) is 5.10 Å². The molecule has 1 aromatic carbocycles. The third-order valence-corrected chi connectivity index (χ3v) is 12.8. The van der Waals surface area contributed by atoms with Crippen molar-refractivity contribution >= 4 is 29.0 Å². The maximum atomic E-state index is 14.3. The number of halogens is 1. The van der Waals surface area contributed by atoms with E-state index >= 15 is 0 Å². The van der Waals surface area contributed by atoms with Gasteiger partial charge in [0.05, 0.1) is 37.0 Å². The van der Waals surface area contributed by atoms with E-state index in [4.69, 9.17) is 29.0 Å². The Kier molecular flexibility index (Phi) is 20.1.